The lowest BCUT2D eigenvalue weighted by Crippen LogP contribution is -2.18. The fourth-order valence-corrected chi connectivity index (χ4v) is 1.11. The minimum Gasteiger partial charge on any atom is -0.448 e. The summed E-state index contributed by atoms with van der Waals surface area (Å²) in [5.74, 6) is 0. The van der Waals surface area contributed by atoms with Crippen LogP contribution in [0.3, 0.4) is 0 Å². The average molecular weight is 202 g/mol. The fraction of sp³-hybridized carbons (Fsp3) is 0.750. The maximum absolute atomic E-state index is 10.5. The molecule has 0 aromatic heterocycles. The molecule has 80 valence electrons. The summed E-state index contributed by atoms with van der Waals surface area (Å²) < 4.78 is 9.16. The second-order valence-electron chi connectivity index (χ2n) is 3.14. The number of amides is 2. The molecule has 2 fully saturated rings. The summed E-state index contributed by atoms with van der Waals surface area (Å²) in [5, 5.41) is 2.46. The van der Waals surface area contributed by atoms with Gasteiger partial charge in [0, 0.05) is 7.05 Å². The molecule has 0 aromatic rings. The van der Waals surface area contributed by atoms with E-state index in [0.717, 1.165) is 6.54 Å². The van der Waals surface area contributed by atoms with E-state index in [1.54, 1.807) is 11.9 Å². The van der Waals surface area contributed by atoms with Gasteiger partial charge in [0.2, 0.25) is 0 Å². The van der Waals surface area contributed by atoms with Crippen molar-refractivity contribution < 1.29 is 19.1 Å². The van der Waals surface area contributed by atoms with Crippen LogP contribution in [0.25, 0.3) is 0 Å². The summed E-state index contributed by atoms with van der Waals surface area (Å²) in [6.45, 7) is 3.79. The first-order valence-corrected chi connectivity index (χ1v) is 4.42. The molecule has 0 aliphatic carbocycles. The van der Waals surface area contributed by atoms with Crippen LogP contribution < -0.4 is 5.32 Å². The van der Waals surface area contributed by atoms with E-state index in [4.69, 9.17) is 4.74 Å². The van der Waals surface area contributed by atoms with Gasteiger partial charge in [-0.2, -0.15) is 0 Å². The molecular weight excluding hydrogens is 188 g/mol. The van der Waals surface area contributed by atoms with Crippen LogP contribution in [-0.4, -0.2) is 49.9 Å². The number of carbonyl (C=O) groups is 2. The number of nitrogens with one attached hydrogen (secondary N) is 1. The summed E-state index contributed by atoms with van der Waals surface area (Å²) in [6.07, 6.45) is -0.431. The van der Waals surface area contributed by atoms with Crippen molar-refractivity contribution in [2.45, 2.75) is 13.0 Å². The predicted octanol–water partition coefficient (Wildman–Crippen LogP) is 0.183. The number of cyclic esters (lactones) is 2. The van der Waals surface area contributed by atoms with Crippen LogP contribution in [0.1, 0.15) is 6.92 Å². The zero-order valence-corrected chi connectivity index (χ0v) is 8.28. The highest BCUT2D eigenvalue weighted by atomic mass is 16.6. The zero-order chi connectivity index (χ0) is 10.6. The van der Waals surface area contributed by atoms with Crippen molar-refractivity contribution in [2.75, 3.05) is 26.7 Å². The normalized spacial score (nSPS) is 24.7. The molecule has 0 aromatic carbocycles. The average Bonchev–Trinajstić information content (AvgIpc) is 2.65. The van der Waals surface area contributed by atoms with Gasteiger partial charge < -0.3 is 19.7 Å². The molecule has 14 heavy (non-hydrogen) atoms. The van der Waals surface area contributed by atoms with Crippen LogP contribution in [0.2, 0.25) is 0 Å². The minimum absolute atomic E-state index is 0.0764. The smallest absolute Gasteiger partial charge is 0.409 e. The van der Waals surface area contributed by atoms with Crippen LogP contribution >= 0.6 is 0 Å². The van der Waals surface area contributed by atoms with Crippen LogP contribution in [0.15, 0.2) is 0 Å². The van der Waals surface area contributed by atoms with Gasteiger partial charge in [-0.05, 0) is 6.92 Å². The standard InChI is InChI=1S/C5H9NO2.C3H5NO2/c1-4-3-6(2)5(7)8-4;5-3-4-1-2-6-3/h4H,3H2,1-2H3;1-2H2,(H,4,5). The van der Waals surface area contributed by atoms with Crippen molar-refractivity contribution in [3.8, 4) is 0 Å². The summed E-state index contributed by atoms with van der Waals surface area (Å²) >= 11 is 0. The van der Waals surface area contributed by atoms with E-state index < -0.39 is 0 Å². The molecule has 1 atom stereocenters. The Bertz CT molecular complexity index is 223. The van der Waals surface area contributed by atoms with Crippen molar-refractivity contribution in [1.29, 1.82) is 0 Å². The maximum atomic E-state index is 10.5. The molecule has 2 aliphatic heterocycles. The Kier molecular flexibility index (Phi) is 3.55. The summed E-state index contributed by atoms with van der Waals surface area (Å²) in [7, 11) is 1.73. The lowest BCUT2D eigenvalue weighted by Gasteiger charge is -1.99. The number of hydrogen-bond acceptors (Lipinski definition) is 4. The monoisotopic (exact) mass is 202 g/mol. The quantitative estimate of drug-likeness (QED) is 0.608. The predicted molar refractivity (Wildman–Crippen MR) is 47.9 cm³/mol. The Balaban J connectivity index is 0.000000146. The second-order valence-corrected chi connectivity index (χ2v) is 3.14. The topological polar surface area (TPSA) is 67.9 Å². The largest absolute Gasteiger partial charge is 0.448 e. The third kappa shape index (κ3) is 3.12. The molecule has 6 nitrogen and oxygen atoms in total. The maximum Gasteiger partial charge on any atom is 0.409 e. The Hall–Kier alpha value is -1.46. The third-order valence-electron chi connectivity index (χ3n) is 1.75. The number of likely N-dealkylation sites (N-methyl/N-ethyl adjacent to an activating group) is 1. The highest BCUT2D eigenvalue weighted by Gasteiger charge is 2.23. The van der Waals surface area contributed by atoms with Crippen molar-refractivity contribution in [3.63, 3.8) is 0 Å². The van der Waals surface area contributed by atoms with E-state index in [-0.39, 0.29) is 18.3 Å². The molecule has 2 saturated heterocycles. The van der Waals surface area contributed by atoms with E-state index in [0.29, 0.717) is 13.2 Å². The second kappa shape index (κ2) is 4.69. The first-order valence-electron chi connectivity index (χ1n) is 4.42. The van der Waals surface area contributed by atoms with Crippen molar-refractivity contribution in [3.05, 3.63) is 0 Å². The Morgan fingerprint density at radius 1 is 1.50 bits per heavy atom. The van der Waals surface area contributed by atoms with Gasteiger partial charge in [-0.1, -0.05) is 0 Å². The number of hydrogen-bond donors (Lipinski definition) is 1. The van der Waals surface area contributed by atoms with Gasteiger partial charge in [-0.15, -0.1) is 0 Å². The van der Waals surface area contributed by atoms with Crippen LogP contribution in [0.4, 0.5) is 9.59 Å². The summed E-state index contributed by atoms with van der Waals surface area (Å²) in [6, 6.07) is 0. The van der Waals surface area contributed by atoms with E-state index >= 15 is 0 Å². The van der Waals surface area contributed by atoms with E-state index in [2.05, 4.69) is 10.1 Å². The molecule has 0 bridgehead atoms. The highest BCUT2D eigenvalue weighted by Crippen LogP contribution is 2.06. The van der Waals surface area contributed by atoms with Crippen LogP contribution in [0.5, 0.6) is 0 Å². The Morgan fingerprint density at radius 3 is 2.36 bits per heavy atom. The van der Waals surface area contributed by atoms with Gasteiger partial charge in [0.15, 0.2) is 0 Å². The lowest BCUT2D eigenvalue weighted by molar-refractivity contribution is 0.141. The molecule has 2 heterocycles. The van der Waals surface area contributed by atoms with Crippen molar-refractivity contribution >= 4 is 12.2 Å². The number of alkyl carbamates (subject to hydrolysis) is 1. The van der Waals surface area contributed by atoms with Gasteiger partial charge in [0.25, 0.3) is 0 Å². The van der Waals surface area contributed by atoms with Gasteiger partial charge in [-0.25, -0.2) is 9.59 Å². The first-order chi connectivity index (χ1) is 6.59. The number of carbonyl (C=O) groups excluding carboxylic acids is 2. The van der Waals surface area contributed by atoms with E-state index in [1.165, 1.54) is 0 Å². The lowest BCUT2D eigenvalue weighted by atomic mass is 10.4. The molecule has 1 unspecified atom stereocenters. The SMILES string of the molecule is CC1CN(C)C(=O)O1.O=C1NCCO1. The van der Waals surface area contributed by atoms with Gasteiger partial charge in [0.1, 0.15) is 12.7 Å². The third-order valence-corrected chi connectivity index (χ3v) is 1.75. The van der Waals surface area contributed by atoms with Gasteiger partial charge in [0.05, 0.1) is 13.1 Å². The molecule has 0 saturated carbocycles. The molecular formula is C8H14N2O4. The molecule has 2 aliphatic rings. The molecule has 2 amide bonds. The molecule has 0 spiro atoms. The molecule has 6 heteroatoms. The van der Waals surface area contributed by atoms with Crippen molar-refractivity contribution in [2.24, 2.45) is 0 Å². The summed E-state index contributed by atoms with van der Waals surface area (Å²) in [4.78, 5) is 22.0. The van der Waals surface area contributed by atoms with Crippen LogP contribution in [-0.2, 0) is 9.47 Å². The van der Waals surface area contributed by atoms with E-state index in [1.807, 2.05) is 6.92 Å². The van der Waals surface area contributed by atoms with Gasteiger partial charge in [-0.3, -0.25) is 0 Å². The number of nitrogens with zero attached hydrogens (tertiary/aromatic N) is 1. The van der Waals surface area contributed by atoms with Crippen molar-refractivity contribution in [1.82, 2.24) is 10.2 Å². The highest BCUT2D eigenvalue weighted by molar-refractivity contribution is 5.69. The number of ether oxygens (including phenoxy) is 2. The van der Waals surface area contributed by atoms with Gasteiger partial charge >= 0.3 is 12.2 Å². The number of rotatable bonds is 0. The Morgan fingerprint density at radius 2 is 2.21 bits per heavy atom. The molecule has 1 N–H and O–H groups in total. The fourth-order valence-electron chi connectivity index (χ4n) is 1.11. The summed E-state index contributed by atoms with van der Waals surface area (Å²) in [5.41, 5.74) is 0. The minimum atomic E-state index is -0.296. The van der Waals surface area contributed by atoms with Crippen LogP contribution in [0, 0.1) is 0 Å². The van der Waals surface area contributed by atoms with E-state index in [9.17, 15) is 9.59 Å². The Labute approximate surface area is 82.1 Å². The molecule has 2 rings (SSSR count). The molecule has 0 radical (unpaired) electrons. The first kappa shape index (κ1) is 10.6. The zero-order valence-electron chi connectivity index (χ0n) is 8.28.